The van der Waals surface area contributed by atoms with Crippen LogP contribution in [0.5, 0.6) is 0 Å². The molecule has 0 aromatic carbocycles. The maximum absolute atomic E-state index is 10.6. The molecule has 0 saturated carbocycles. The van der Waals surface area contributed by atoms with Gasteiger partial charge in [0.15, 0.2) is 0 Å². The van der Waals surface area contributed by atoms with E-state index >= 15 is 0 Å². The van der Waals surface area contributed by atoms with Crippen molar-refractivity contribution in [3.05, 3.63) is 12.2 Å². The van der Waals surface area contributed by atoms with Crippen LogP contribution in [0, 0.1) is 0 Å². The minimum absolute atomic E-state index is 0.0436. The first-order valence-electron chi connectivity index (χ1n) is 3.25. The maximum Gasteiger partial charge on any atom is 0.229 e. The van der Waals surface area contributed by atoms with Crippen molar-refractivity contribution in [2.24, 2.45) is 0 Å². The van der Waals surface area contributed by atoms with E-state index in [0.717, 1.165) is 12.0 Å². The Bertz CT molecular complexity index is 118. The van der Waals surface area contributed by atoms with Crippen LogP contribution < -0.4 is 5.32 Å². The molecule has 0 fully saturated rings. The Morgan fingerprint density at radius 2 is 2.30 bits per heavy atom. The molecular weight excluding hydrogens is 146 g/mol. The fourth-order valence-electron chi connectivity index (χ4n) is 0.404. The third kappa shape index (κ3) is 4.44. The first-order chi connectivity index (χ1) is 4.70. The molecule has 0 aromatic rings. The molecule has 1 N–H and O–H groups in total. The number of rotatable bonds is 4. The number of hydrogen-bond acceptors (Lipinski definition) is 2. The Morgan fingerprint density at radius 3 is 2.70 bits per heavy atom. The van der Waals surface area contributed by atoms with Gasteiger partial charge in [-0.15, -0.1) is 0 Å². The van der Waals surface area contributed by atoms with E-state index in [1.54, 1.807) is 0 Å². The third-order valence-corrected chi connectivity index (χ3v) is 1.47. The molecule has 58 valence electrons. The highest BCUT2D eigenvalue weighted by molar-refractivity contribution is 7.81. The summed E-state index contributed by atoms with van der Waals surface area (Å²) in [5.41, 5.74) is 1.04. The predicted octanol–water partition coefficient (Wildman–Crippen LogP) is 0.999. The van der Waals surface area contributed by atoms with Crippen molar-refractivity contribution in [1.82, 2.24) is 5.32 Å². The van der Waals surface area contributed by atoms with Crippen LogP contribution in [0.25, 0.3) is 0 Å². The largest absolute Gasteiger partial charge is 0.352 e. The summed E-state index contributed by atoms with van der Waals surface area (Å²) in [7, 11) is 0. The van der Waals surface area contributed by atoms with Crippen molar-refractivity contribution in [1.29, 1.82) is 0 Å². The van der Waals surface area contributed by atoms with E-state index in [2.05, 4.69) is 24.5 Å². The molecule has 0 aromatic heterocycles. The normalized spacial score (nSPS) is 9.00. The van der Waals surface area contributed by atoms with Gasteiger partial charge in [-0.3, -0.25) is 4.79 Å². The van der Waals surface area contributed by atoms with Crippen LogP contribution in [-0.2, 0) is 4.79 Å². The van der Waals surface area contributed by atoms with Crippen molar-refractivity contribution >= 4 is 18.5 Å². The average molecular weight is 159 g/mol. The molecule has 0 heterocycles. The van der Waals surface area contributed by atoms with Gasteiger partial charge in [-0.05, 0) is 6.42 Å². The lowest BCUT2D eigenvalue weighted by atomic mass is 10.2. The molecule has 0 rings (SSSR count). The van der Waals surface area contributed by atoms with Crippen LogP contribution in [-0.4, -0.2) is 18.2 Å². The highest BCUT2D eigenvalue weighted by Crippen LogP contribution is 1.92. The van der Waals surface area contributed by atoms with E-state index in [9.17, 15) is 4.79 Å². The Kier molecular flexibility index (Phi) is 5.12. The fraction of sp³-hybridized carbons (Fsp3) is 0.571. The molecule has 0 radical (unpaired) electrons. The van der Waals surface area contributed by atoms with Gasteiger partial charge in [-0.2, -0.15) is 12.6 Å². The lowest BCUT2D eigenvalue weighted by molar-refractivity contribution is -0.118. The minimum atomic E-state index is -0.0436. The van der Waals surface area contributed by atoms with Crippen LogP contribution in [0.3, 0.4) is 0 Å². The number of hydrogen-bond donors (Lipinski definition) is 2. The van der Waals surface area contributed by atoms with E-state index < -0.39 is 0 Å². The standard InChI is InChI=1S/C7H13NOS/c1-3-6(2)4-8-7(9)5-10/h10H,2-5H2,1H3,(H,8,9). The second-order valence-electron chi connectivity index (χ2n) is 2.04. The van der Waals surface area contributed by atoms with Gasteiger partial charge in [0.2, 0.25) is 5.91 Å². The molecule has 0 spiro atoms. The zero-order valence-corrected chi connectivity index (χ0v) is 7.08. The van der Waals surface area contributed by atoms with Gasteiger partial charge in [-0.1, -0.05) is 19.1 Å². The second kappa shape index (κ2) is 5.35. The van der Waals surface area contributed by atoms with Gasteiger partial charge >= 0.3 is 0 Å². The second-order valence-corrected chi connectivity index (χ2v) is 2.35. The Hall–Kier alpha value is -0.440. The van der Waals surface area contributed by atoms with Crippen molar-refractivity contribution in [2.75, 3.05) is 12.3 Å². The summed E-state index contributed by atoms with van der Waals surface area (Å²) in [6.45, 7) is 6.33. The Morgan fingerprint density at radius 1 is 1.70 bits per heavy atom. The summed E-state index contributed by atoms with van der Waals surface area (Å²) < 4.78 is 0. The van der Waals surface area contributed by atoms with Gasteiger partial charge in [0.05, 0.1) is 5.75 Å². The molecule has 0 unspecified atom stereocenters. The quantitative estimate of drug-likeness (QED) is 0.465. The lowest BCUT2D eigenvalue weighted by Gasteiger charge is -2.02. The minimum Gasteiger partial charge on any atom is -0.352 e. The van der Waals surface area contributed by atoms with Crippen molar-refractivity contribution in [3.8, 4) is 0 Å². The molecule has 0 bridgehead atoms. The summed E-state index contributed by atoms with van der Waals surface area (Å²) in [4.78, 5) is 10.6. The zero-order chi connectivity index (χ0) is 7.98. The van der Waals surface area contributed by atoms with Gasteiger partial charge in [0.1, 0.15) is 0 Å². The van der Waals surface area contributed by atoms with E-state index in [0.29, 0.717) is 6.54 Å². The molecule has 0 aliphatic rings. The molecule has 2 nitrogen and oxygen atoms in total. The SMILES string of the molecule is C=C(CC)CNC(=O)CS. The molecule has 0 atom stereocenters. The predicted molar refractivity (Wildman–Crippen MR) is 46.3 cm³/mol. The van der Waals surface area contributed by atoms with E-state index in [1.807, 2.05) is 6.92 Å². The van der Waals surface area contributed by atoms with Gasteiger partial charge in [0.25, 0.3) is 0 Å². The Balaban J connectivity index is 3.35. The van der Waals surface area contributed by atoms with Gasteiger partial charge < -0.3 is 5.32 Å². The number of amides is 1. The molecular formula is C7H13NOS. The smallest absolute Gasteiger partial charge is 0.229 e. The molecule has 0 aliphatic carbocycles. The average Bonchev–Trinajstić information content (AvgIpc) is 1.99. The van der Waals surface area contributed by atoms with Crippen LogP contribution >= 0.6 is 12.6 Å². The van der Waals surface area contributed by atoms with E-state index in [4.69, 9.17) is 0 Å². The molecule has 3 heteroatoms. The molecule has 10 heavy (non-hydrogen) atoms. The highest BCUT2D eigenvalue weighted by Gasteiger charge is 1.95. The molecule has 0 saturated heterocycles. The topological polar surface area (TPSA) is 29.1 Å². The summed E-state index contributed by atoms with van der Waals surface area (Å²) in [6.07, 6.45) is 0.910. The van der Waals surface area contributed by atoms with E-state index in [1.165, 1.54) is 0 Å². The number of carbonyl (C=O) groups excluding carboxylic acids is 1. The number of carbonyl (C=O) groups is 1. The number of thiol groups is 1. The molecule has 0 aliphatic heterocycles. The van der Waals surface area contributed by atoms with Crippen LogP contribution in [0.15, 0.2) is 12.2 Å². The van der Waals surface area contributed by atoms with E-state index in [-0.39, 0.29) is 11.7 Å². The maximum atomic E-state index is 10.6. The first-order valence-corrected chi connectivity index (χ1v) is 3.88. The lowest BCUT2D eigenvalue weighted by Crippen LogP contribution is -2.26. The summed E-state index contributed by atoms with van der Waals surface area (Å²) in [5.74, 6) is 0.203. The van der Waals surface area contributed by atoms with Crippen LogP contribution in [0.2, 0.25) is 0 Å². The van der Waals surface area contributed by atoms with Crippen LogP contribution in [0.1, 0.15) is 13.3 Å². The highest BCUT2D eigenvalue weighted by atomic mass is 32.1. The fourth-order valence-corrected chi connectivity index (χ4v) is 0.516. The summed E-state index contributed by atoms with van der Waals surface area (Å²) >= 11 is 3.81. The first kappa shape index (κ1) is 9.56. The Labute approximate surface area is 67.1 Å². The van der Waals surface area contributed by atoms with Crippen molar-refractivity contribution in [3.63, 3.8) is 0 Å². The molecule has 1 amide bonds. The van der Waals surface area contributed by atoms with Crippen LogP contribution in [0.4, 0.5) is 0 Å². The van der Waals surface area contributed by atoms with Crippen molar-refractivity contribution in [2.45, 2.75) is 13.3 Å². The van der Waals surface area contributed by atoms with Crippen molar-refractivity contribution < 1.29 is 4.79 Å². The zero-order valence-electron chi connectivity index (χ0n) is 6.18. The van der Waals surface area contributed by atoms with Gasteiger partial charge in [0, 0.05) is 6.54 Å². The number of nitrogens with one attached hydrogen (secondary N) is 1. The van der Waals surface area contributed by atoms with Gasteiger partial charge in [-0.25, -0.2) is 0 Å². The summed E-state index contributed by atoms with van der Waals surface area (Å²) in [6, 6.07) is 0. The third-order valence-electron chi connectivity index (χ3n) is 1.18. The monoisotopic (exact) mass is 159 g/mol. The summed E-state index contributed by atoms with van der Waals surface area (Å²) in [5, 5.41) is 2.67.